The molecule has 3 heterocycles. The molecule has 1 N–H and O–H groups in total. The van der Waals surface area contributed by atoms with Gasteiger partial charge in [0.1, 0.15) is 11.5 Å². The van der Waals surface area contributed by atoms with Gasteiger partial charge in [-0.1, -0.05) is 24.3 Å². The number of hydrogen-bond donors (Lipinski definition) is 1. The number of aromatic nitrogens is 7. The van der Waals surface area contributed by atoms with Gasteiger partial charge in [0.05, 0.1) is 11.3 Å². The van der Waals surface area contributed by atoms with Crippen LogP contribution in [0.2, 0.25) is 0 Å². The molecule has 0 aliphatic rings. The van der Waals surface area contributed by atoms with E-state index in [0.29, 0.717) is 22.3 Å². The highest BCUT2D eigenvalue weighted by molar-refractivity contribution is 5.74. The van der Waals surface area contributed by atoms with Gasteiger partial charge in [-0.15, -0.1) is 10.2 Å². The fourth-order valence-corrected chi connectivity index (χ4v) is 3.48. The molecular formula is C24H15F4N7. The first-order valence-electron chi connectivity index (χ1n) is 10.3. The Morgan fingerprint density at radius 2 is 1.57 bits per heavy atom. The van der Waals surface area contributed by atoms with Crippen LogP contribution in [0.15, 0.2) is 66.9 Å². The van der Waals surface area contributed by atoms with Crippen LogP contribution in [0.4, 0.5) is 17.6 Å². The topological polar surface area (TPSA) is 93.1 Å². The zero-order chi connectivity index (χ0) is 24.6. The lowest BCUT2D eigenvalue weighted by atomic mass is 10.00. The summed E-state index contributed by atoms with van der Waals surface area (Å²) >= 11 is 0. The number of benzene rings is 2. The Balaban J connectivity index is 1.61. The Morgan fingerprint density at radius 1 is 0.800 bits per heavy atom. The van der Waals surface area contributed by atoms with E-state index in [-0.39, 0.29) is 22.9 Å². The first kappa shape index (κ1) is 22.3. The maximum absolute atomic E-state index is 14.3. The zero-order valence-corrected chi connectivity index (χ0v) is 18.0. The van der Waals surface area contributed by atoms with Crippen molar-refractivity contribution in [1.82, 2.24) is 35.6 Å². The Morgan fingerprint density at radius 3 is 2.29 bits per heavy atom. The predicted molar refractivity (Wildman–Crippen MR) is 119 cm³/mol. The van der Waals surface area contributed by atoms with Crippen LogP contribution < -0.4 is 0 Å². The first-order valence-corrected chi connectivity index (χ1v) is 10.3. The Kier molecular flexibility index (Phi) is 5.51. The molecule has 0 bridgehead atoms. The third-order valence-corrected chi connectivity index (χ3v) is 5.23. The number of rotatable bonds is 4. The molecule has 0 radical (unpaired) electrons. The lowest BCUT2D eigenvalue weighted by molar-refractivity contribution is -0.141. The highest BCUT2D eigenvalue weighted by Gasteiger charge is 2.34. The summed E-state index contributed by atoms with van der Waals surface area (Å²) in [5.41, 5.74) is 1.91. The van der Waals surface area contributed by atoms with Crippen LogP contribution in [0.3, 0.4) is 0 Å². The average Bonchev–Trinajstić information content (AvgIpc) is 3.39. The van der Waals surface area contributed by atoms with E-state index in [1.807, 2.05) is 0 Å². The molecule has 0 saturated heterocycles. The second-order valence-corrected chi connectivity index (χ2v) is 7.66. The van der Waals surface area contributed by atoms with Crippen molar-refractivity contribution in [3.63, 3.8) is 0 Å². The largest absolute Gasteiger partial charge is 0.433 e. The maximum Gasteiger partial charge on any atom is 0.433 e. The summed E-state index contributed by atoms with van der Waals surface area (Å²) in [6.07, 6.45) is -3.20. The third-order valence-electron chi connectivity index (χ3n) is 5.23. The molecule has 174 valence electrons. The van der Waals surface area contributed by atoms with Crippen LogP contribution in [0.5, 0.6) is 0 Å². The summed E-state index contributed by atoms with van der Waals surface area (Å²) in [6, 6.07) is 15.3. The minimum atomic E-state index is -4.67. The van der Waals surface area contributed by atoms with Crippen LogP contribution in [-0.2, 0) is 6.18 Å². The SMILES string of the molecule is Cc1ccc(-c2cc(C(F)(F)F)nc(-c3cccc(-c4ccc(F)c(-c5nn[nH]n5)c4)c3)n2)cn1. The number of aryl methyl sites for hydroxylation is 1. The molecule has 3 aromatic heterocycles. The summed E-state index contributed by atoms with van der Waals surface area (Å²) in [5.74, 6) is -0.556. The number of tetrazole rings is 1. The predicted octanol–water partition coefficient (Wildman–Crippen LogP) is 5.52. The Labute approximate surface area is 195 Å². The fourth-order valence-electron chi connectivity index (χ4n) is 3.48. The molecule has 35 heavy (non-hydrogen) atoms. The molecule has 11 heteroatoms. The number of aromatic amines is 1. The van der Waals surface area contributed by atoms with Crippen LogP contribution in [-0.4, -0.2) is 35.6 Å². The van der Waals surface area contributed by atoms with Crippen molar-refractivity contribution in [2.45, 2.75) is 13.1 Å². The number of H-pyrrole nitrogens is 1. The summed E-state index contributed by atoms with van der Waals surface area (Å²) in [4.78, 5) is 12.3. The summed E-state index contributed by atoms with van der Waals surface area (Å²) in [7, 11) is 0. The second-order valence-electron chi connectivity index (χ2n) is 7.66. The monoisotopic (exact) mass is 477 g/mol. The molecule has 0 spiro atoms. The molecule has 7 nitrogen and oxygen atoms in total. The third kappa shape index (κ3) is 4.60. The van der Waals surface area contributed by atoms with Gasteiger partial charge in [-0.2, -0.15) is 18.4 Å². The number of pyridine rings is 1. The van der Waals surface area contributed by atoms with Crippen LogP contribution in [0, 0.1) is 12.7 Å². The fraction of sp³-hybridized carbons (Fsp3) is 0.0833. The lowest BCUT2D eigenvalue weighted by Gasteiger charge is -2.12. The lowest BCUT2D eigenvalue weighted by Crippen LogP contribution is -2.10. The van der Waals surface area contributed by atoms with Gasteiger partial charge in [0.15, 0.2) is 5.82 Å². The van der Waals surface area contributed by atoms with Crippen molar-refractivity contribution in [1.29, 1.82) is 0 Å². The number of nitrogens with zero attached hydrogens (tertiary/aromatic N) is 6. The molecule has 0 aliphatic carbocycles. The molecule has 0 fully saturated rings. The van der Waals surface area contributed by atoms with Crippen LogP contribution >= 0.6 is 0 Å². The summed E-state index contributed by atoms with van der Waals surface area (Å²) in [6.45, 7) is 1.78. The normalized spacial score (nSPS) is 11.6. The molecule has 0 saturated carbocycles. The number of halogens is 4. The highest BCUT2D eigenvalue weighted by Crippen LogP contribution is 2.34. The van der Waals surface area contributed by atoms with Crippen molar-refractivity contribution in [2.24, 2.45) is 0 Å². The van der Waals surface area contributed by atoms with Gasteiger partial charge in [-0.25, -0.2) is 14.4 Å². The van der Waals surface area contributed by atoms with E-state index in [2.05, 4.69) is 35.6 Å². The van der Waals surface area contributed by atoms with Gasteiger partial charge in [-0.05, 0) is 59.7 Å². The van der Waals surface area contributed by atoms with Crippen molar-refractivity contribution < 1.29 is 17.6 Å². The van der Waals surface area contributed by atoms with E-state index in [4.69, 9.17) is 0 Å². The van der Waals surface area contributed by atoms with E-state index in [9.17, 15) is 17.6 Å². The first-order chi connectivity index (χ1) is 16.8. The van der Waals surface area contributed by atoms with Crippen LogP contribution in [0.1, 0.15) is 11.4 Å². The molecular weight excluding hydrogens is 462 g/mol. The van der Waals surface area contributed by atoms with Crippen molar-refractivity contribution in [3.8, 4) is 45.2 Å². The van der Waals surface area contributed by atoms with Crippen LogP contribution in [0.25, 0.3) is 45.2 Å². The Bertz CT molecular complexity index is 1500. The number of nitrogens with one attached hydrogen (secondary N) is 1. The van der Waals surface area contributed by atoms with Gasteiger partial charge >= 0.3 is 6.18 Å². The molecule has 0 amide bonds. The molecule has 0 atom stereocenters. The molecule has 5 rings (SSSR count). The second kappa shape index (κ2) is 8.67. The van der Waals surface area contributed by atoms with E-state index in [1.54, 1.807) is 49.4 Å². The standard InChI is InChI=1S/C24H15F4N7/c1-13-5-6-17(12-29-13)20-11-21(24(26,27)28)31-22(30-20)16-4-2-3-14(9-16)15-7-8-19(25)18(10-15)23-32-34-35-33-23/h2-12H,1H3,(H,32,33,34,35). The van der Waals surface area contributed by atoms with E-state index in [0.717, 1.165) is 11.8 Å². The molecule has 0 unspecified atom stereocenters. The number of alkyl halides is 3. The van der Waals surface area contributed by atoms with Crippen molar-refractivity contribution >= 4 is 0 Å². The van der Waals surface area contributed by atoms with Gasteiger partial charge < -0.3 is 0 Å². The number of hydrogen-bond acceptors (Lipinski definition) is 6. The van der Waals surface area contributed by atoms with Crippen molar-refractivity contribution in [2.75, 3.05) is 0 Å². The molecule has 2 aromatic carbocycles. The van der Waals surface area contributed by atoms with Gasteiger partial charge in [0, 0.05) is 23.0 Å². The average molecular weight is 477 g/mol. The minimum Gasteiger partial charge on any atom is -0.261 e. The van der Waals surface area contributed by atoms with E-state index < -0.39 is 17.7 Å². The Hall–Kier alpha value is -4.54. The summed E-state index contributed by atoms with van der Waals surface area (Å²) in [5, 5.41) is 13.3. The van der Waals surface area contributed by atoms with Crippen molar-refractivity contribution in [3.05, 3.63) is 84.1 Å². The molecule has 5 aromatic rings. The van der Waals surface area contributed by atoms with Gasteiger partial charge in [-0.3, -0.25) is 4.98 Å². The van der Waals surface area contributed by atoms with E-state index in [1.165, 1.54) is 18.3 Å². The maximum atomic E-state index is 14.3. The van der Waals surface area contributed by atoms with Gasteiger partial charge in [0.2, 0.25) is 5.82 Å². The smallest absolute Gasteiger partial charge is 0.261 e. The minimum absolute atomic E-state index is 0.0815. The van der Waals surface area contributed by atoms with Gasteiger partial charge in [0.25, 0.3) is 0 Å². The zero-order valence-electron chi connectivity index (χ0n) is 18.0. The van der Waals surface area contributed by atoms with E-state index >= 15 is 0 Å². The summed E-state index contributed by atoms with van der Waals surface area (Å²) < 4.78 is 55.3. The highest BCUT2D eigenvalue weighted by atomic mass is 19.4. The quantitative estimate of drug-likeness (QED) is 0.343. The molecule has 0 aliphatic heterocycles.